The van der Waals surface area contributed by atoms with Gasteiger partial charge >= 0.3 is 0 Å². The maximum atomic E-state index is 12.7. The van der Waals surface area contributed by atoms with Gasteiger partial charge in [0.25, 0.3) is 5.56 Å². The van der Waals surface area contributed by atoms with E-state index in [-0.39, 0.29) is 12.1 Å². The van der Waals surface area contributed by atoms with Crippen LogP contribution in [0.2, 0.25) is 0 Å². The number of aromatic nitrogens is 6. The number of benzene rings is 1. The number of piperidine rings is 1. The van der Waals surface area contributed by atoms with Crippen LogP contribution in [0, 0.1) is 11.8 Å². The standard InChI is InChI=1S/C23H23N7O2/c1-28-11-24-22-20(28)23(31)30(12-25-22)10-18-26-21(27-32-18)19-16-8-29(9-17(16)19)15-6-5-13-3-2-4-14(13)7-15/h5-7,11-12,16-17,19H,2-4,8-10H2,1H3/t16-,17+,19-. The third-order valence-electron chi connectivity index (χ3n) is 7.43. The molecule has 4 aromatic rings. The zero-order valence-corrected chi connectivity index (χ0v) is 17.8. The molecule has 0 amide bonds. The summed E-state index contributed by atoms with van der Waals surface area (Å²) in [5.74, 6) is 2.71. The minimum Gasteiger partial charge on any atom is -0.371 e. The maximum Gasteiger partial charge on any atom is 0.280 e. The van der Waals surface area contributed by atoms with E-state index in [0.29, 0.717) is 34.8 Å². The van der Waals surface area contributed by atoms with Crippen LogP contribution in [-0.2, 0) is 26.4 Å². The topological polar surface area (TPSA) is 94.9 Å². The number of fused-ring (bicyclic) bond motifs is 3. The monoisotopic (exact) mass is 429 g/mol. The van der Waals surface area contributed by atoms with Crippen molar-refractivity contribution in [1.29, 1.82) is 0 Å². The number of rotatable bonds is 4. The molecule has 162 valence electrons. The molecule has 0 radical (unpaired) electrons. The van der Waals surface area contributed by atoms with Crippen molar-refractivity contribution in [2.45, 2.75) is 31.7 Å². The second-order valence-electron chi connectivity index (χ2n) is 9.32. The summed E-state index contributed by atoms with van der Waals surface area (Å²) in [5, 5.41) is 4.24. The molecule has 1 aliphatic heterocycles. The minimum atomic E-state index is -0.164. The summed E-state index contributed by atoms with van der Waals surface area (Å²) in [4.78, 5) is 28.2. The van der Waals surface area contributed by atoms with E-state index in [1.807, 2.05) is 0 Å². The SMILES string of the molecule is Cn1cnc2ncn(Cc3nc([C@@H]4[C@@H]5CN(c6ccc7c(c6)CCC7)C[C@@H]54)no3)c(=O)c21. The molecule has 9 nitrogen and oxygen atoms in total. The molecule has 9 heteroatoms. The average Bonchev–Trinajstić information content (AvgIpc) is 3.38. The lowest BCUT2D eigenvalue weighted by molar-refractivity contribution is 0.363. The number of imidazole rings is 1. The molecule has 1 saturated carbocycles. The van der Waals surface area contributed by atoms with Crippen molar-refractivity contribution in [2.24, 2.45) is 18.9 Å². The van der Waals surface area contributed by atoms with Crippen LogP contribution in [0.1, 0.15) is 35.2 Å². The van der Waals surface area contributed by atoms with Gasteiger partial charge in [0.05, 0.1) is 6.33 Å². The van der Waals surface area contributed by atoms with Gasteiger partial charge < -0.3 is 14.0 Å². The van der Waals surface area contributed by atoms with E-state index in [9.17, 15) is 4.79 Å². The lowest BCUT2D eigenvalue weighted by Gasteiger charge is -2.22. The van der Waals surface area contributed by atoms with Crippen LogP contribution in [0.25, 0.3) is 11.2 Å². The molecule has 32 heavy (non-hydrogen) atoms. The number of anilines is 1. The zero-order valence-electron chi connectivity index (χ0n) is 17.8. The Balaban J connectivity index is 1.06. The predicted octanol–water partition coefficient (Wildman–Crippen LogP) is 1.90. The van der Waals surface area contributed by atoms with Gasteiger partial charge in [0, 0.05) is 31.7 Å². The first-order valence-electron chi connectivity index (χ1n) is 11.2. The van der Waals surface area contributed by atoms with Gasteiger partial charge in [-0.1, -0.05) is 11.2 Å². The van der Waals surface area contributed by atoms with Gasteiger partial charge in [0.15, 0.2) is 17.0 Å². The number of aryl methyl sites for hydroxylation is 3. The van der Waals surface area contributed by atoms with Gasteiger partial charge in [-0.15, -0.1) is 0 Å². The lowest BCUT2D eigenvalue weighted by Crippen LogP contribution is -2.24. The molecule has 2 fully saturated rings. The first-order valence-corrected chi connectivity index (χ1v) is 11.2. The van der Waals surface area contributed by atoms with E-state index in [2.05, 4.69) is 43.2 Å². The highest BCUT2D eigenvalue weighted by Gasteiger charge is 2.58. The van der Waals surface area contributed by atoms with Crippen LogP contribution in [0.3, 0.4) is 0 Å². The van der Waals surface area contributed by atoms with E-state index < -0.39 is 0 Å². The smallest absolute Gasteiger partial charge is 0.280 e. The molecule has 0 spiro atoms. The largest absolute Gasteiger partial charge is 0.371 e. The van der Waals surface area contributed by atoms with Crippen molar-refractivity contribution in [3.8, 4) is 0 Å². The first-order chi connectivity index (χ1) is 15.7. The van der Waals surface area contributed by atoms with Gasteiger partial charge in [-0.25, -0.2) is 9.97 Å². The third kappa shape index (κ3) is 2.66. The van der Waals surface area contributed by atoms with Crippen molar-refractivity contribution < 1.29 is 4.52 Å². The minimum absolute atomic E-state index is 0.164. The molecular weight excluding hydrogens is 406 g/mol. The molecule has 0 N–H and O–H groups in total. The second-order valence-corrected chi connectivity index (χ2v) is 9.32. The summed E-state index contributed by atoms with van der Waals surface area (Å²) in [7, 11) is 1.78. The number of hydrogen-bond donors (Lipinski definition) is 0. The van der Waals surface area contributed by atoms with E-state index in [4.69, 9.17) is 4.52 Å². The van der Waals surface area contributed by atoms with Gasteiger partial charge in [0.1, 0.15) is 12.9 Å². The Morgan fingerprint density at radius 3 is 2.78 bits per heavy atom. The third-order valence-corrected chi connectivity index (χ3v) is 7.43. The van der Waals surface area contributed by atoms with Crippen molar-refractivity contribution in [3.63, 3.8) is 0 Å². The molecular formula is C23H23N7O2. The summed E-state index contributed by atoms with van der Waals surface area (Å²) in [6.45, 7) is 2.29. The Morgan fingerprint density at radius 1 is 1.09 bits per heavy atom. The summed E-state index contributed by atoms with van der Waals surface area (Å²) in [5.41, 5.74) is 5.14. The highest BCUT2D eigenvalue weighted by molar-refractivity contribution is 5.68. The molecule has 0 bridgehead atoms. The van der Waals surface area contributed by atoms with Crippen LogP contribution in [0.4, 0.5) is 5.69 Å². The summed E-state index contributed by atoms with van der Waals surface area (Å²) in [6, 6.07) is 6.98. The maximum absolute atomic E-state index is 12.7. The van der Waals surface area contributed by atoms with Crippen LogP contribution in [-0.4, -0.2) is 42.3 Å². The fraction of sp³-hybridized carbons (Fsp3) is 0.435. The van der Waals surface area contributed by atoms with Crippen molar-refractivity contribution in [3.05, 3.63) is 64.0 Å². The van der Waals surface area contributed by atoms with Crippen molar-refractivity contribution in [2.75, 3.05) is 18.0 Å². The van der Waals surface area contributed by atoms with Gasteiger partial charge in [-0.2, -0.15) is 4.98 Å². The van der Waals surface area contributed by atoms with Crippen LogP contribution in [0.15, 0.2) is 40.2 Å². The molecule has 2 aliphatic carbocycles. The Bertz CT molecular complexity index is 1410. The molecule has 3 atom stereocenters. The van der Waals surface area contributed by atoms with E-state index >= 15 is 0 Å². The van der Waals surface area contributed by atoms with Crippen LogP contribution >= 0.6 is 0 Å². The zero-order chi connectivity index (χ0) is 21.4. The number of nitrogens with zero attached hydrogens (tertiary/aromatic N) is 7. The summed E-state index contributed by atoms with van der Waals surface area (Å²) < 4.78 is 8.66. The van der Waals surface area contributed by atoms with E-state index in [0.717, 1.165) is 18.9 Å². The highest BCUT2D eigenvalue weighted by Crippen LogP contribution is 2.58. The Hall–Kier alpha value is -3.49. The predicted molar refractivity (Wildman–Crippen MR) is 117 cm³/mol. The van der Waals surface area contributed by atoms with E-state index in [1.54, 1.807) is 17.9 Å². The van der Waals surface area contributed by atoms with Crippen LogP contribution < -0.4 is 10.5 Å². The normalized spacial score (nSPS) is 23.7. The fourth-order valence-electron chi connectivity index (χ4n) is 5.67. The summed E-state index contributed by atoms with van der Waals surface area (Å²) in [6.07, 6.45) is 6.80. The quantitative estimate of drug-likeness (QED) is 0.489. The molecule has 7 rings (SSSR count). The molecule has 4 heterocycles. The van der Waals surface area contributed by atoms with Gasteiger partial charge in [0.2, 0.25) is 5.89 Å². The van der Waals surface area contributed by atoms with Gasteiger partial charge in [-0.05, 0) is 54.4 Å². The second kappa shape index (κ2) is 6.51. The highest BCUT2D eigenvalue weighted by atomic mass is 16.5. The average molecular weight is 429 g/mol. The first kappa shape index (κ1) is 18.1. The molecule has 3 aliphatic rings. The van der Waals surface area contributed by atoms with Crippen molar-refractivity contribution in [1.82, 2.24) is 29.2 Å². The van der Waals surface area contributed by atoms with Crippen molar-refractivity contribution >= 4 is 16.9 Å². The molecule has 3 aromatic heterocycles. The molecule has 1 aromatic carbocycles. The Labute approximate surface area is 183 Å². The Morgan fingerprint density at radius 2 is 1.91 bits per heavy atom. The molecule has 1 saturated heterocycles. The molecule has 0 unspecified atom stereocenters. The summed E-state index contributed by atoms with van der Waals surface area (Å²) >= 11 is 0. The lowest BCUT2D eigenvalue weighted by atomic mass is 10.1. The number of hydrogen-bond acceptors (Lipinski definition) is 7. The Kier molecular flexibility index (Phi) is 3.68. The van der Waals surface area contributed by atoms with Gasteiger partial charge in [-0.3, -0.25) is 9.36 Å². The van der Waals surface area contributed by atoms with Crippen LogP contribution in [0.5, 0.6) is 0 Å². The van der Waals surface area contributed by atoms with E-state index in [1.165, 1.54) is 47.0 Å². The fourth-order valence-corrected chi connectivity index (χ4v) is 5.67.